The van der Waals surface area contributed by atoms with Crippen LogP contribution in [0.2, 0.25) is 0 Å². The first-order valence-corrected chi connectivity index (χ1v) is 7.40. The molecule has 1 atom stereocenters. The van der Waals surface area contributed by atoms with Gasteiger partial charge in [0.1, 0.15) is 0 Å². The molecule has 3 N–H and O–H groups in total. The van der Waals surface area contributed by atoms with Crippen LogP contribution < -0.4 is 11.1 Å². The standard InChI is InChI=1S/C14H22N2OS.ClH/c1-11-3-5-13(6-4-11)10-18-8-7-16-14(17)12(2)9-15;/h3-6,12H,7-10,15H2,1-2H3,(H,16,17);1H. The van der Waals surface area contributed by atoms with Gasteiger partial charge in [0, 0.05) is 30.5 Å². The molecule has 19 heavy (non-hydrogen) atoms. The van der Waals surface area contributed by atoms with E-state index in [1.54, 1.807) is 0 Å². The quantitative estimate of drug-likeness (QED) is 0.760. The Balaban J connectivity index is 0.00000324. The maximum Gasteiger partial charge on any atom is 0.224 e. The second kappa shape index (κ2) is 10.1. The second-order valence-corrected chi connectivity index (χ2v) is 5.57. The molecule has 0 aliphatic heterocycles. The largest absolute Gasteiger partial charge is 0.355 e. The van der Waals surface area contributed by atoms with E-state index in [1.807, 2.05) is 18.7 Å². The Hall–Kier alpha value is -0.710. The molecule has 0 radical (unpaired) electrons. The highest BCUT2D eigenvalue weighted by atomic mass is 35.5. The Labute approximate surface area is 126 Å². The lowest BCUT2D eigenvalue weighted by atomic mass is 10.2. The van der Waals surface area contributed by atoms with E-state index in [4.69, 9.17) is 5.73 Å². The van der Waals surface area contributed by atoms with Crippen LogP contribution in [0.5, 0.6) is 0 Å². The van der Waals surface area contributed by atoms with Gasteiger partial charge in [0.15, 0.2) is 0 Å². The predicted octanol–water partition coefficient (Wildman–Crippen LogP) is 2.36. The van der Waals surface area contributed by atoms with Gasteiger partial charge in [-0.25, -0.2) is 0 Å². The molecule has 0 saturated heterocycles. The number of amides is 1. The summed E-state index contributed by atoms with van der Waals surface area (Å²) in [5.74, 6) is 1.87. The van der Waals surface area contributed by atoms with E-state index in [2.05, 4.69) is 36.5 Å². The zero-order valence-electron chi connectivity index (χ0n) is 11.5. The highest BCUT2D eigenvalue weighted by Gasteiger charge is 2.08. The van der Waals surface area contributed by atoms with E-state index in [0.717, 1.165) is 11.5 Å². The molecule has 1 unspecified atom stereocenters. The van der Waals surface area contributed by atoms with Crippen LogP contribution >= 0.6 is 24.2 Å². The van der Waals surface area contributed by atoms with Crippen molar-refractivity contribution in [1.29, 1.82) is 0 Å². The van der Waals surface area contributed by atoms with Gasteiger partial charge in [-0.1, -0.05) is 36.8 Å². The molecular weight excluding hydrogens is 280 g/mol. The third kappa shape index (κ3) is 7.45. The molecule has 3 nitrogen and oxygen atoms in total. The lowest BCUT2D eigenvalue weighted by Gasteiger charge is -2.09. The minimum atomic E-state index is -0.0906. The number of thioether (sulfide) groups is 1. The summed E-state index contributed by atoms with van der Waals surface area (Å²) in [7, 11) is 0. The molecule has 1 aromatic rings. The normalized spacial score (nSPS) is 11.5. The summed E-state index contributed by atoms with van der Waals surface area (Å²) in [6.07, 6.45) is 0. The Morgan fingerprint density at radius 2 is 2.00 bits per heavy atom. The number of nitrogens with one attached hydrogen (secondary N) is 1. The van der Waals surface area contributed by atoms with Crippen molar-refractivity contribution in [1.82, 2.24) is 5.32 Å². The van der Waals surface area contributed by atoms with Crippen molar-refractivity contribution in [3.8, 4) is 0 Å². The van der Waals surface area contributed by atoms with Gasteiger partial charge >= 0.3 is 0 Å². The smallest absolute Gasteiger partial charge is 0.224 e. The van der Waals surface area contributed by atoms with Crippen LogP contribution in [-0.4, -0.2) is 24.7 Å². The van der Waals surface area contributed by atoms with Gasteiger partial charge in [0.05, 0.1) is 0 Å². The van der Waals surface area contributed by atoms with Crippen LogP contribution in [0.3, 0.4) is 0 Å². The van der Waals surface area contributed by atoms with Crippen molar-refractivity contribution in [2.75, 3.05) is 18.8 Å². The lowest BCUT2D eigenvalue weighted by Crippen LogP contribution is -2.34. The maximum atomic E-state index is 11.4. The van der Waals surface area contributed by atoms with E-state index >= 15 is 0 Å². The molecule has 0 heterocycles. The summed E-state index contributed by atoms with van der Waals surface area (Å²) >= 11 is 1.83. The number of benzene rings is 1. The molecule has 1 rings (SSSR count). The number of hydrogen-bond acceptors (Lipinski definition) is 3. The fourth-order valence-corrected chi connectivity index (χ4v) is 2.22. The SMILES string of the molecule is Cc1ccc(CSCCNC(=O)C(C)CN)cc1.Cl. The van der Waals surface area contributed by atoms with Gasteiger partial charge in [0.2, 0.25) is 5.91 Å². The van der Waals surface area contributed by atoms with Gasteiger partial charge in [-0.2, -0.15) is 11.8 Å². The maximum absolute atomic E-state index is 11.4. The monoisotopic (exact) mass is 302 g/mol. The summed E-state index contributed by atoms with van der Waals surface area (Å²) in [5, 5.41) is 2.89. The van der Waals surface area contributed by atoms with Crippen molar-refractivity contribution in [2.45, 2.75) is 19.6 Å². The minimum Gasteiger partial charge on any atom is -0.355 e. The lowest BCUT2D eigenvalue weighted by molar-refractivity contribution is -0.124. The van der Waals surface area contributed by atoms with Crippen molar-refractivity contribution in [2.24, 2.45) is 11.7 Å². The van der Waals surface area contributed by atoms with Crippen molar-refractivity contribution in [3.05, 3.63) is 35.4 Å². The van der Waals surface area contributed by atoms with E-state index < -0.39 is 0 Å². The summed E-state index contributed by atoms with van der Waals surface area (Å²) in [5.41, 5.74) is 8.04. The first-order valence-electron chi connectivity index (χ1n) is 6.24. The molecule has 0 aliphatic rings. The van der Waals surface area contributed by atoms with Crippen LogP contribution in [0, 0.1) is 12.8 Å². The van der Waals surface area contributed by atoms with Gasteiger partial charge in [0.25, 0.3) is 0 Å². The molecule has 108 valence electrons. The molecule has 0 saturated carbocycles. The van der Waals surface area contributed by atoms with Crippen LogP contribution in [0.1, 0.15) is 18.1 Å². The molecule has 1 amide bonds. The molecule has 0 bridgehead atoms. The first kappa shape index (κ1) is 18.3. The third-order valence-corrected chi connectivity index (χ3v) is 3.77. The highest BCUT2D eigenvalue weighted by molar-refractivity contribution is 7.98. The zero-order chi connectivity index (χ0) is 13.4. The molecular formula is C14H23ClN2OS. The number of nitrogens with two attached hydrogens (primary N) is 1. The van der Waals surface area contributed by atoms with Crippen molar-refractivity contribution in [3.63, 3.8) is 0 Å². The fraction of sp³-hybridized carbons (Fsp3) is 0.500. The van der Waals surface area contributed by atoms with Crippen LogP contribution in [0.15, 0.2) is 24.3 Å². The summed E-state index contributed by atoms with van der Waals surface area (Å²) in [6, 6.07) is 8.55. The Kier molecular flexibility index (Phi) is 9.74. The Morgan fingerprint density at radius 1 is 1.37 bits per heavy atom. The average molecular weight is 303 g/mol. The van der Waals surface area contributed by atoms with Gasteiger partial charge in [-0.3, -0.25) is 4.79 Å². The molecule has 5 heteroatoms. The van der Waals surface area contributed by atoms with Gasteiger partial charge in [-0.15, -0.1) is 12.4 Å². The summed E-state index contributed by atoms with van der Waals surface area (Å²) < 4.78 is 0. The van der Waals surface area contributed by atoms with Gasteiger partial charge in [-0.05, 0) is 12.5 Å². The summed E-state index contributed by atoms with van der Waals surface area (Å²) in [4.78, 5) is 11.4. The summed E-state index contributed by atoms with van der Waals surface area (Å²) in [6.45, 7) is 5.04. The minimum absolute atomic E-state index is 0. The molecule has 0 spiro atoms. The third-order valence-electron chi connectivity index (χ3n) is 2.74. The molecule has 1 aromatic carbocycles. The van der Waals surface area contributed by atoms with E-state index in [1.165, 1.54) is 11.1 Å². The fourth-order valence-electron chi connectivity index (χ4n) is 1.40. The first-order chi connectivity index (χ1) is 8.63. The van der Waals surface area contributed by atoms with Crippen LogP contribution in [-0.2, 0) is 10.5 Å². The van der Waals surface area contributed by atoms with E-state index in [-0.39, 0.29) is 24.2 Å². The van der Waals surface area contributed by atoms with Gasteiger partial charge < -0.3 is 11.1 Å². The number of hydrogen-bond donors (Lipinski definition) is 2. The molecule has 0 aromatic heterocycles. The number of halogens is 1. The number of rotatable bonds is 7. The predicted molar refractivity (Wildman–Crippen MR) is 85.8 cm³/mol. The van der Waals surface area contributed by atoms with Crippen LogP contribution in [0.25, 0.3) is 0 Å². The van der Waals surface area contributed by atoms with Crippen molar-refractivity contribution >= 4 is 30.1 Å². The highest BCUT2D eigenvalue weighted by Crippen LogP contribution is 2.12. The Morgan fingerprint density at radius 3 is 2.58 bits per heavy atom. The Bertz CT molecular complexity index is 370. The molecule has 0 fully saturated rings. The average Bonchev–Trinajstić information content (AvgIpc) is 2.39. The van der Waals surface area contributed by atoms with E-state index in [9.17, 15) is 4.79 Å². The molecule has 0 aliphatic carbocycles. The number of carbonyl (C=O) groups excluding carboxylic acids is 1. The topological polar surface area (TPSA) is 55.1 Å². The number of carbonyl (C=O) groups is 1. The van der Waals surface area contributed by atoms with Crippen LogP contribution in [0.4, 0.5) is 0 Å². The van der Waals surface area contributed by atoms with Crippen molar-refractivity contribution < 1.29 is 4.79 Å². The number of aryl methyl sites for hydroxylation is 1. The van der Waals surface area contributed by atoms with E-state index in [0.29, 0.717) is 13.1 Å². The second-order valence-electron chi connectivity index (χ2n) is 4.47. The zero-order valence-corrected chi connectivity index (χ0v) is 13.2.